The molecular formula is C9H19N3. The van der Waals surface area contributed by atoms with Crippen LogP contribution in [0.3, 0.4) is 0 Å². The average Bonchev–Trinajstić information content (AvgIpc) is 2.43. The minimum atomic E-state index is 0.497. The molecule has 1 aliphatic heterocycles. The number of hydrazone groups is 1. The molecule has 0 aromatic carbocycles. The van der Waals surface area contributed by atoms with Crippen LogP contribution < -0.4 is 0 Å². The van der Waals surface area contributed by atoms with Crippen LogP contribution >= 0.6 is 0 Å². The largest absolute Gasteiger partial charge is 0.339 e. The van der Waals surface area contributed by atoms with E-state index in [-0.39, 0.29) is 0 Å². The van der Waals surface area contributed by atoms with Crippen LogP contribution in [-0.4, -0.2) is 36.0 Å². The first-order chi connectivity index (χ1) is 5.79. The Morgan fingerprint density at radius 1 is 1.42 bits per heavy atom. The van der Waals surface area contributed by atoms with E-state index in [2.05, 4.69) is 23.8 Å². The predicted molar refractivity (Wildman–Crippen MR) is 51.9 cm³/mol. The van der Waals surface area contributed by atoms with Crippen LogP contribution in [-0.2, 0) is 0 Å². The number of hydrogen-bond donors (Lipinski definition) is 0. The van der Waals surface area contributed by atoms with Crippen molar-refractivity contribution in [3.05, 3.63) is 0 Å². The quantitative estimate of drug-likeness (QED) is 0.638. The summed E-state index contributed by atoms with van der Waals surface area (Å²) in [7, 11) is 2.04. The summed E-state index contributed by atoms with van der Waals surface area (Å²) in [6, 6.07) is 0. The van der Waals surface area contributed by atoms with Gasteiger partial charge in [0, 0.05) is 13.6 Å². The van der Waals surface area contributed by atoms with Gasteiger partial charge >= 0.3 is 0 Å². The minimum absolute atomic E-state index is 0.497. The molecule has 0 amide bonds. The van der Waals surface area contributed by atoms with Crippen molar-refractivity contribution >= 4 is 6.34 Å². The second-order valence-electron chi connectivity index (χ2n) is 3.28. The van der Waals surface area contributed by atoms with Gasteiger partial charge in [0.05, 0.1) is 0 Å². The molecule has 1 atom stereocenters. The molecule has 0 aliphatic carbocycles. The molecule has 0 radical (unpaired) electrons. The SMILES string of the molecule is CCCCN1C=NN(C)C1CC. The lowest BCUT2D eigenvalue weighted by molar-refractivity contribution is 0.155. The summed E-state index contributed by atoms with van der Waals surface area (Å²) in [6.45, 7) is 5.56. The fraction of sp³-hybridized carbons (Fsp3) is 0.889. The zero-order valence-electron chi connectivity index (χ0n) is 8.32. The van der Waals surface area contributed by atoms with Crippen molar-refractivity contribution in [3.8, 4) is 0 Å². The number of rotatable bonds is 4. The topological polar surface area (TPSA) is 18.8 Å². The third-order valence-electron chi connectivity index (χ3n) is 2.33. The molecule has 0 aromatic rings. The normalized spacial score (nSPS) is 22.4. The first-order valence-electron chi connectivity index (χ1n) is 4.82. The molecule has 3 nitrogen and oxygen atoms in total. The zero-order valence-corrected chi connectivity index (χ0v) is 8.32. The average molecular weight is 169 g/mol. The van der Waals surface area contributed by atoms with Crippen molar-refractivity contribution < 1.29 is 0 Å². The van der Waals surface area contributed by atoms with Crippen LogP contribution in [0.5, 0.6) is 0 Å². The predicted octanol–water partition coefficient (Wildman–Crippen LogP) is 1.71. The summed E-state index contributed by atoms with van der Waals surface area (Å²) < 4.78 is 0. The highest BCUT2D eigenvalue weighted by molar-refractivity contribution is 5.56. The Bertz CT molecular complexity index is 156. The molecular weight excluding hydrogens is 150 g/mol. The maximum atomic E-state index is 4.26. The first kappa shape index (κ1) is 9.36. The van der Waals surface area contributed by atoms with Crippen LogP contribution in [0, 0.1) is 0 Å². The van der Waals surface area contributed by atoms with Gasteiger partial charge < -0.3 is 4.90 Å². The lowest BCUT2D eigenvalue weighted by atomic mass is 10.3. The minimum Gasteiger partial charge on any atom is -0.339 e. The zero-order chi connectivity index (χ0) is 8.97. The molecule has 12 heavy (non-hydrogen) atoms. The maximum absolute atomic E-state index is 4.26. The molecule has 1 heterocycles. The molecule has 70 valence electrons. The van der Waals surface area contributed by atoms with Gasteiger partial charge in [-0.25, -0.2) is 0 Å². The smallest absolute Gasteiger partial charge is 0.118 e. The highest BCUT2D eigenvalue weighted by atomic mass is 15.6. The van der Waals surface area contributed by atoms with Crippen molar-refractivity contribution in [2.75, 3.05) is 13.6 Å². The van der Waals surface area contributed by atoms with Crippen LogP contribution in [0.25, 0.3) is 0 Å². The first-order valence-corrected chi connectivity index (χ1v) is 4.82. The Balaban J connectivity index is 2.38. The molecule has 0 saturated heterocycles. The van der Waals surface area contributed by atoms with Crippen LogP contribution in [0.2, 0.25) is 0 Å². The van der Waals surface area contributed by atoms with E-state index in [1.165, 1.54) is 12.8 Å². The number of unbranched alkanes of at least 4 members (excludes halogenated alkanes) is 1. The Hall–Kier alpha value is -0.730. The van der Waals surface area contributed by atoms with Crippen LogP contribution in [0.1, 0.15) is 33.1 Å². The molecule has 1 rings (SSSR count). The van der Waals surface area contributed by atoms with Crippen molar-refractivity contribution in [3.63, 3.8) is 0 Å². The molecule has 0 bridgehead atoms. The fourth-order valence-electron chi connectivity index (χ4n) is 1.56. The highest BCUT2D eigenvalue weighted by Gasteiger charge is 2.21. The summed E-state index contributed by atoms with van der Waals surface area (Å²) in [5.41, 5.74) is 0. The van der Waals surface area contributed by atoms with Gasteiger partial charge in [-0.15, -0.1) is 0 Å². The molecule has 3 heteroatoms. The van der Waals surface area contributed by atoms with E-state index >= 15 is 0 Å². The van der Waals surface area contributed by atoms with Crippen molar-refractivity contribution in [2.24, 2.45) is 5.10 Å². The lowest BCUT2D eigenvalue weighted by Crippen LogP contribution is -2.37. The van der Waals surface area contributed by atoms with Gasteiger partial charge in [-0.05, 0) is 12.8 Å². The summed E-state index contributed by atoms with van der Waals surface area (Å²) >= 11 is 0. The van der Waals surface area contributed by atoms with Gasteiger partial charge in [0.1, 0.15) is 12.5 Å². The van der Waals surface area contributed by atoms with Crippen molar-refractivity contribution in [1.29, 1.82) is 0 Å². The Morgan fingerprint density at radius 3 is 2.75 bits per heavy atom. The summed E-state index contributed by atoms with van der Waals surface area (Å²) in [6.07, 6.45) is 6.11. The van der Waals surface area contributed by atoms with E-state index in [0.29, 0.717) is 6.17 Å². The van der Waals surface area contributed by atoms with Gasteiger partial charge in [0.25, 0.3) is 0 Å². The molecule has 0 N–H and O–H groups in total. The number of nitrogens with zero attached hydrogens (tertiary/aromatic N) is 3. The van der Waals surface area contributed by atoms with Gasteiger partial charge in [-0.2, -0.15) is 5.10 Å². The molecule has 1 aliphatic rings. The second-order valence-corrected chi connectivity index (χ2v) is 3.28. The monoisotopic (exact) mass is 169 g/mol. The Labute approximate surface area is 75.0 Å². The molecule has 1 unspecified atom stereocenters. The van der Waals surface area contributed by atoms with E-state index in [9.17, 15) is 0 Å². The Morgan fingerprint density at radius 2 is 2.17 bits per heavy atom. The number of hydrogen-bond acceptors (Lipinski definition) is 3. The third kappa shape index (κ3) is 1.90. The van der Waals surface area contributed by atoms with E-state index in [1.54, 1.807) is 0 Å². The van der Waals surface area contributed by atoms with Crippen LogP contribution in [0.4, 0.5) is 0 Å². The summed E-state index contributed by atoms with van der Waals surface area (Å²) in [5.74, 6) is 0. The van der Waals surface area contributed by atoms with Gasteiger partial charge in [-0.1, -0.05) is 20.3 Å². The van der Waals surface area contributed by atoms with Crippen molar-refractivity contribution in [2.45, 2.75) is 39.3 Å². The van der Waals surface area contributed by atoms with E-state index in [1.807, 2.05) is 18.4 Å². The standard InChI is InChI=1S/C9H19N3/c1-4-6-7-12-8-10-11(3)9(12)5-2/h8-9H,4-7H2,1-3H3. The van der Waals surface area contributed by atoms with Gasteiger partial charge in [0.15, 0.2) is 0 Å². The van der Waals surface area contributed by atoms with E-state index < -0.39 is 0 Å². The van der Waals surface area contributed by atoms with E-state index in [0.717, 1.165) is 13.0 Å². The Kier molecular flexibility index (Phi) is 3.38. The molecule has 0 spiro atoms. The van der Waals surface area contributed by atoms with E-state index in [4.69, 9.17) is 0 Å². The third-order valence-corrected chi connectivity index (χ3v) is 2.33. The second kappa shape index (κ2) is 4.33. The molecule has 0 aromatic heterocycles. The summed E-state index contributed by atoms with van der Waals surface area (Å²) in [5, 5.41) is 6.29. The molecule has 0 saturated carbocycles. The summed E-state index contributed by atoms with van der Waals surface area (Å²) in [4.78, 5) is 2.32. The van der Waals surface area contributed by atoms with Gasteiger partial charge in [0.2, 0.25) is 0 Å². The maximum Gasteiger partial charge on any atom is 0.118 e. The van der Waals surface area contributed by atoms with Crippen molar-refractivity contribution in [1.82, 2.24) is 9.91 Å². The fourth-order valence-corrected chi connectivity index (χ4v) is 1.56. The van der Waals surface area contributed by atoms with Gasteiger partial charge in [-0.3, -0.25) is 5.01 Å². The lowest BCUT2D eigenvalue weighted by Gasteiger charge is -2.26. The van der Waals surface area contributed by atoms with Crippen LogP contribution in [0.15, 0.2) is 5.10 Å². The highest BCUT2D eigenvalue weighted by Crippen LogP contribution is 2.13. The molecule has 0 fully saturated rings.